The van der Waals surface area contributed by atoms with Crippen LogP contribution in [0, 0.1) is 5.82 Å². The standard InChI is InChI=1S/C27H21ClF4O3/c1-3-18(27(30,31)32)6-4-5-11-35-20-9-7-17(25(28)14-20)12-22-16(2)23(15-26(33)34)24-13-19(29)8-10-21(22)24/h3-10,12-14H,1,11,15H2,2H3,(H,33,34)/b5-4-,18-6+,22-12-. The Kier molecular flexibility index (Phi) is 8.02. The largest absolute Gasteiger partial charge is 0.489 e. The van der Waals surface area contributed by atoms with Crippen LogP contribution < -0.4 is 4.74 Å². The van der Waals surface area contributed by atoms with Gasteiger partial charge in [0.1, 0.15) is 18.2 Å². The number of carboxylic acids is 1. The molecule has 0 saturated heterocycles. The third-order valence-electron chi connectivity index (χ3n) is 5.36. The zero-order valence-electron chi connectivity index (χ0n) is 18.6. The van der Waals surface area contributed by atoms with Crippen molar-refractivity contribution in [3.05, 3.63) is 106 Å². The molecule has 2 aromatic rings. The first-order valence-electron chi connectivity index (χ1n) is 10.4. The molecule has 3 nitrogen and oxygen atoms in total. The lowest BCUT2D eigenvalue weighted by molar-refractivity contribution is -0.135. The van der Waals surface area contributed by atoms with Gasteiger partial charge in [-0.3, -0.25) is 4.79 Å². The van der Waals surface area contributed by atoms with Crippen LogP contribution in [0.1, 0.15) is 30.0 Å². The summed E-state index contributed by atoms with van der Waals surface area (Å²) in [7, 11) is 0. The van der Waals surface area contributed by atoms with Crippen molar-refractivity contribution in [3.63, 3.8) is 0 Å². The van der Waals surface area contributed by atoms with E-state index >= 15 is 0 Å². The van der Waals surface area contributed by atoms with Crippen LogP contribution in [-0.2, 0) is 4.79 Å². The number of alkyl halides is 3. The topological polar surface area (TPSA) is 46.5 Å². The van der Waals surface area contributed by atoms with Crippen molar-refractivity contribution in [2.24, 2.45) is 0 Å². The Bertz CT molecular complexity index is 1280. The predicted molar refractivity (Wildman–Crippen MR) is 130 cm³/mol. The van der Waals surface area contributed by atoms with E-state index < -0.39 is 23.5 Å². The van der Waals surface area contributed by atoms with E-state index in [1.165, 1.54) is 24.3 Å². The third kappa shape index (κ3) is 6.31. The molecule has 2 aromatic carbocycles. The van der Waals surface area contributed by atoms with E-state index in [4.69, 9.17) is 16.3 Å². The molecule has 0 bridgehead atoms. The van der Waals surface area contributed by atoms with Gasteiger partial charge >= 0.3 is 12.1 Å². The van der Waals surface area contributed by atoms with E-state index in [1.54, 1.807) is 37.3 Å². The van der Waals surface area contributed by atoms with E-state index in [9.17, 15) is 27.5 Å². The summed E-state index contributed by atoms with van der Waals surface area (Å²) in [6, 6.07) is 9.19. The van der Waals surface area contributed by atoms with Crippen LogP contribution in [-0.4, -0.2) is 23.9 Å². The second-order valence-electron chi connectivity index (χ2n) is 7.67. The molecule has 0 unspecified atom stereocenters. The van der Waals surface area contributed by atoms with Gasteiger partial charge in [-0.15, -0.1) is 0 Å². The number of rotatable bonds is 8. The number of fused-ring (bicyclic) bond motifs is 1. The highest BCUT2D eigenvalue weighted by Crippen LogP contribution is 2.44. The van der Waals surface area contributed by atoms with E-state index in [-0.39, 0.29) is 13.0 Å². The first kappa shape index (κ1) is 26.0. The van der Waals surface area contributed by atoms with Gasteiger partial charge in [-0.05, 0) is 82.8 Å². The predicted octanol–water partition coefficient (Wildman–Crippen LogP) is 7.89. The second-order valence-corrected chi connectivity index (χ2v) is 8.08. The number of hydrogen-bond donors (Lipinski definition) is 1. The molecule has 0 heterocycles. The van der Waals surface area contributed by atoms with Crippen molar-refractivity contribution in [2.45, 2.75) is 19.5 Å². The van der Waals surface area contributed by atoms with Crippen molar-refractivity contribution < 1.29 is 32.2 Å². The third-order valence-corrected chi connectivity index (χ3v) is 5.69. The second kappa shape index (κ2) is 10.8. The van der Waals surface area contributed by atoms with Crippen LogP contribution >= 0.6 is 11.6 Å². The summed E-state index contributed by atoms with van der Waals surface area (Å²) in [5.74, 6) is -1.05. The van der Waals surface area contributed by atoms with Crippen molar-refractivity contribution in [1.29, 1.82) is 0 Å². The van der Waals surface area contributed by atoms with E-state index in [2.05, 4.69) is 6.58 Å². The smallest absolute Gasteiger partial charge is 0.416 e. The molecule has 0 fully saturated rings. The van der Waals surface area contributed by atoms with E-state index in [1.807, 2.05) is 0 Å². The quantitative estimate of drug-likeness (QED) is 0.294. The number of allylic oxidation sites excluding steroid dienone is 6. The highest BCUT2D eigenvalue weighted by atomic mass is 35.5. The molecule has 0 atom stereocenters. The zero-order chi connectivity index (χ0) is 25.8. The van der Waals surface area contributed by atoms with Crippen LogP contribution in [0.3, 0.4) is 0 Å². The van der Waals surface area contributed by atoms with Gasteiger partial charge in [0.05, 0.1) is 17.0 Å². The lowest BCUT2D eigenvalue weighted by Crippen LogP contribution is -2.09. The monoisotopic (exact) mass is 504 g/mol. The van der Waals surface area contributed by atoms with Gasteiger partial charge in [0.15, 0.2) is 0 Å². The van der Waals surface area contributed by atoms with Crippen molar-refractivity contribution in [1.82, 2.24) is 0 Å². The Hall–Kier alpha value is -3.58. The minimum absolute atomic E-state index is 0.0227. The van der Waals surface area contributed by atoms with Crippen LogP contribution in [0.2, 0.25) is 5.02 Å². The Morgan fingerprint density at radius 1 is 1.17 bits per heavy atom. The first-order chi connectivity index (χ1) is 16.5. The van der Waals surface area contributed by atoms with Gasteiger partial charge in [0.25, 0.3) is 0 Å². The highest BCUT2D eigenvalue weighted by molar-refractivity contribution is 6.32. The Labute approximate surface area is 205 Å². The summed E-state index contributed by atoms with van der Waals surface area (Å²) in [6.45, 7) is 4.95. The molecule has 0 spiro atoms. The first-order valence-corrected chi connectivity index (χ1v) is 10.8. The summed E-state index contributed by atoms with van der Waals surface area (Å²) < 4.78 is 57.3. The summed E-state index contributed by atoms with van der Waals surface area (Å²) in [5.41, 5.74) is 3.04. The summed E-state index contributed by atoms with van der Waals surface area (Å²) in [4.78, 5) is 11.3. The van der Waals surface area contributed by atoms with Gasteiger partial charge in [0, 0.05) is 0 Å². The zero-order valence-corrected chi connectivity index (χ0v) is 19.4. The number of ether oxygens (including phenoxy) is 1. The highest BCUT2D eigenvalue weighted by Gasteiger charge is 2.30. The molecule has 1 N–H and O–H groups in total. The van der Waals surface area contributed by atoms with Crippen molar-refractivity contribution in [3.8, 4) is 5.75 Å². The maximum absolute atomic E-state index is 13.8. The fourth-order valence-corrected chi connectivity index (χ4v) is 3.88. The molecule has 0 aromatic heterocycles. The van der Waals surface area contributed by atoms with Crippen LogP contribution in [0.15, 0.2) is 78.4 Å². The fraction of sp³-hybridized carbons (Fsp3) is 0.148. The summed E-state index contributed by atoms with van der Waals surface area (Å²) >= 11 is 6.42. The minimum Gasteiger partial charge on any atom is -0.489 e. The van der Waals surface area contributed by atoms with E-state index in [0.29, 0.717) is 33.0 Å². The van der Waals surface area contributed by atoms with Crippen LogP contribution in [0.25, 0.3) is 17.2 Å². The average molecular weight is 505 g/mol. The molecule has 182 valence electrons. The minimum atomic E-state index is -4.47. The van der Waals surface area contributed by atoms with Gasteiger partial charge in [-0.25, -0.2) is 4.39 Å². The van der Waals surface area contributed by atoms with Crippen LogP contribution in [0.4, 0.5) is 17.6 Å². The average Bonchev–Trinajstić information content (AvgIpc) is 3.01. The SMILES string of the molecule is C=C/C(=C\C=C/COc1ccc(/C=C2/C(C)=C(CC(=O)O)c3cc(F)ccc32)c(Cl)c1)C(F)(F)F. The Morgan fingerprint density at radius 3 is 2.54 bits per heavy atom. The summed E-state index contributed by atoms with van der Waals surface area (Å²) in [6.07, 6.45) is 1.38. The fourth-order valence-electron chi connectivity index (χ4n) is 3.65. The maximum atomic E-state index is 13.8. The molecule has 0 radical (unpaired) electrons. The van der Waals surface area contributed by atoms with E-state index in [0.717, 1.165) is 23.3 Å². The van der Waals surface area contributed by atoms with Crippen molar-refractivity contribution in [2.75, 3.05) is 6.61 Å². The molecule has 3 rings (SSSR count). The molecular formula is C27H21ClF4O3. The molecule has 8 heteroatoms. The normalized spacial score (nSPS) is 15.1. The molecule has 1 aliphatic carbocycles. The summed E-state index contributed by atoms with van der Waals surface area (Å²) in [5, 5.41) is 9.63. The lowest BCUT2D eigenvalue weighted by atomic mass is 10.0. The van der Waals surface area contributed by atoms with Crippen molar-refractivity contribution >= 4 is 34.8 Å². The van der Waals surface area contributed by atoms with Gasteiger partial charge in [0.2, 0.25) is 0 Å². The molecular weight excluding hydrogens is 484 g/mol. The number of aliphatic carboxylic acids is 1. The molecule has 1 aliphatic rings. The van der Waals surface area contributed by atoms with Gasteiger partial charge in [-0.2, -0.15) is 13.2 Å². The number of carboxylic acid groups (broad SMARTS) is 1. The lowest BCUT2D eigenvalue weighted by Gasteiger charge is -2.08. The molecule has 0 saturated carbocycles. The number of carbonyl (C=O) groups is 1. The number of halogens is 5. The molecule has 35 heavy (non-hydrogen) atoms. The van der Waals surface area contributed by atoms with Crippen LogP contribution in [0.5, 0.6) is 5.75 Å². The van der Waals surface area contributed by atoms with Gasteiger partial charge < -0.3 is 9.84 Å². The Balaban J connectivity index is 1.80. The number of hydrogen-bond acceptors (Lipinski definition) is 2. The number of benzene rings is 2. The van der Waals surface area contributed by atoms with Gasteiger partial charge in [-0.1, -0.05) is 42.5 Å². The maximum Gasteiger partial charge on any atom is 0.416 e. The Morgan fingerprint density at radius 2 is 1.91 bits per heavy atom. The molecule has 0 aliphatic heterocycles. The molecule has 0 amide bonds.